The molecule has 0 aliphatic carbocycles. The third kappa shape index (κ3) is 3.17. The fourth-order valence-corrected chi connectivity index (χ4v) is 2.55. The number of anilines is 2. The van der Waals surface area contributed by atoms with E-state index in [1.165, 1.54) is 27.9 Å². The van der Waals surface area contributed by atoms with Crippen molar-refractivity contribution in [3.63, 3.8) is 0 Å². The highest BCUT2D eigenvalue weighted by Gasteiger charge is 2.10. The summed E-state index contributed by atoms with van der Waals surface area (Å²) in [7, 11) is 2.06. The minimum absolute atomic E-state index is 0.660. The molecule has 1 aromatic carbocycles. The summed E-state index contributed by atoms with van der Waals surface area (Å²) in [6.07, 6.45) is 2.80. The van der Waals surface area contributed by atoms with Crippen LogP contribution in [0.15, 0.2) is 30.5 Å². The van der Waals surface area contributed by atoms with Gasteiger partial charge in [-0.1, -0.05) is 12.1 Å². The molecule has 0 spiro atoms. The van der Waals surface area contributed by atoms with Crippen LogP contribution in [0.3, 0.4) is 0 Å². The molecule has 0 amide bonds. The zero-order valence-corrected chi connectivity index (χ0v) is 12.8. The third-order valence-corrected chi connectivity index (χ3v) is 3.45. The van der Waals surface area contributed by atoms with Crippen LogP contribution in [0.5, 0.6) is 0 Å². The van der Waals surface area contributed by atoms with E-state index in [1.807, 2.05) is 6.20 Å². The number of aryl methyl sites for hydroxylation is 3. The van der Waals surface area contributed by atoms with Crippen LogP contribution < -0.4 is 10.6 Å². The van der Waals surface area contributed by atoms with Crippen LogP contribution >= 0.6 is 0 Å². The molecule has 106 valence electrons. The Bertz CT molecular complexity index is 585. The molecule has 2 N–H and O–H groups in total. The molecule has 2 rings (SSSR count). The van der Waals surface area contributed by atoms with Crippen molar-refractivity contribution in [1.82, 2.24) is 4.98 Å². The second kappa shape index (κ2) is 6.06. The van der Waals surface area contributed by atoms with E-state index in [1.54, 1.807) is 0 Å². The Hall–Kier alpha value is -1.87. The topological polar surface area (TPSA) is 42.2 Å². The van der Waals surface area contributed by atoms with Gasteiger partial charge in [0.15, 0.2) is 0 Å². The van der Waals surface area contributed by atoms with Crippen molar-refractivity contribution < 1.29 is 0 Å². The van der Waals surface area contributed by atoms with Crippen molar-refractivity contribution >= 4 is 11.5 Å². The van der Waals surface area contributed by atoms with E-state index in [0.717, 1.165) is 12.2 Å². The van der Waals surface area contributed by atoms with Crippen molar-refractivity contribution in [3.8, 4) is 0 Å². The Balaban J connectivity index is 2.35. The van der Waals surface area contributed by atoms with Crippen LogP contribution in [0, 0.1) is 20.8 Å². The Morgan fingerprint density at radius 1 is 1.05 bits per heavy atom. The standard InChI is InChI=1S/C17H23N3/c1-12-7-13(2)9-16(8-12)20(4)17-14(3)10-15(5-6-18)11-19-17/h7-11H,5-6,18H2,1-4H3. The first-order valence-corrected chi connectivity index (χ1v) is 6.99. The molecule has 0 aliphatic heterocycles. The van der Waals surface area contributed by atoms with E-state index in [0.29, 0.717) is 6.54 Å². The maximum atomic E-state index is 5.59. The summed E-state index contributed by atoms with van der Waals surface area (Å²) in [6, 6.07) is 8.72. The number of benzene rings is 1. The molecule has 0 aliphatic rings. The number of nitrogens with two attached hydrogens (primary N) is 1. The van der Waals surface area contributed by atoms with Gasteiger partial charge in [0.05, 0.1) is 0 Å². The van der Waals surface area contributed by atoms with Crippen LogP contribution in [-0.2, 0) is 6.42 Å². The summed E-state index contributed by atoms with van der Waals surface area (Å²) in [5.74, 6) is 0.996. The quantitative estimate of drug-likeness (QED) is 0.926. The van der Waals surface area contributed by atoms with Gasteiger partial charge < -0.3 is 10.6 Å². The maximum absolute atomic E-state index is 5.59. The van der Waals surface area contributed by atoms with Gasteiger partial charge in [-0.05, 0) is 68.1 Å². The van der Waals surface area contributed by atoms with Crippen molar-refractivity contribution in [3.05, 3.63) is 52.7 Å². The van der Waals surface area contributed by atoms with Gasteiger partial charge in [0.2, 0.25) is 0 Å². The van der Waals surface area contributed by atoms with Gasteiger partial charge in [-0.3, -0.25) is 0 Å². The van der Waals surface area contributed by atoms with E-state index in [-0.39, 0.29) is 0 Å². The largest absolute Gasteiger partial charge is 0.330 e. The van der Waals surface area contributed by atoms with Crippen LogP contribution in [-0.4, -0.2) is 18.6 Å². The van der Waals surface area contributed by atoms with Gasteiger partial charge in [-0.2, -0.15) is 0 Å². The molecule has 0 saturated carbocycles. The normalized spacial score (nSPS) is 10.7. The molecule has 0 fully saturated rings. The molecule has 0 unspecified atom stereocenters. The van der Waals surface area contributed by atoms with Gasteiger partial charge >= 0.3 is 0 Å². The lowest BCUT2D eigenvalue weighted by molar-refractivity contribution is 0.950. The molecule has 0 radical (unpaired) electrons. The third-order valence-electron chi connectivity index (χ3n) is 3.45. The Morgan fingerprint density at radius 3 is 2.25 bits per heavy atom. The minimum Gasteiger partial charge on any atom is -0.330 e. The Kier molecular flexibility index (Phi) is 4.40. The van der Waals surface area contributed by atoms with Crippen molar-refractivity contribution in [1.29, 1.82) is 0 Å². The summed E-state index contributed by atoms with van der Waals surface area (Å²) >= 11 is 0. The Morgan fingerprint density at radius 2 is 1.70 bits per heavy atom. The molecule has 2 aromatic rings. The zero-order valence-electron chi connectivity index (χ0n) is 12.8. The summed E-state index contributed by atoms with van der Waals surface area (Å²) < 4.78 is 0. The molecule has 1 aromatic heterocycles. The van der Waals surface area contributed by atoms with Crippen LogP contribution in [0.4, 0.5) is 11.5 Å². The van der Waals surface area contributed by atoms with Crippen molar-refractivity contribution in [2.75, 3.05) is 18.5 Å². The molecular weight excluding hydrogens is 246 g/mol. The predicted octanol–water partition coefficient (Wildman–Crippen LogP) is 3.28. The van der Waals surface area contributed by atoms with Crippen LogP contribution in [0.1, 0.15) is 22.3 Å². The van der Waals surface area contributed by atoms with E-state index in [9.17, 15) is 0 Å². The van der Waals surface area contributed by atoms with Crippen molar-refractivity contribution in [2.45, 2.75) is 27.2 Å². The molecule has 3 nitrogen and oxygen atoms in total. The average molecular weight is 269 g/mol. The number of aromatic nitrogens is 1. The summed E-state index contributed by atoms with van der Waals surface area (Å²) in [5.41, 5.74) is 11.7. The molecule has 1 heterocycles. The van der Waals surface area contributed by atoms with Gasteiger partial charge in [0, 0.05) is 18.9 Å². The number of nitrogens with zero attached hydrogens (tertiary/aromatic N) is 2. The minimum atomic E-state index is 0.660. The number of hydrogen-bond acceptors (Lipinski definition) is 3. The first kappa shape index (κ1) is 14.5. The summed E-state index contributed by atoms with van der Waals surface area (Å²) in [5, 5.41) is 0. The van der Waals surface area contributed by atoms with E-state index in [2.05, 4.69) is 62.0 Å². The van der Waals surface area contributed by atoms with Gasteiger partial charge in [-0.25, -0.2) is 4.98 Å². The molecular formula is C17H23N3. The maximum Gasteiger partial charge on any atom is 0.135 e. The lowest BCUT2D eigenvalue weighted by Gasteiger charge is -2.21. The number of hydrogen-bond donors (Lipinski definition) is 1. The van der Waals surface area contributed by atoms with Gasteiger partial charge in [-0.15, -0.1) is 0 Å². The van der Waals surface area contributed by atoms with E-state index >= 15 is 0 Å². The molecule has 3 heteroatoms. The van der Waals surface area contributed by atoms with Gasteiger partial charge in [0.25, 0.3) is 0 Å². The second-order valence-corrected chi connectivity index (χ2v) is 5.43. The monoisotopic (exact) mass is 269 g/mol. The molecule has 0 saturated heterocycles. The molecule has 20 heavy (non-hydrogen) atoms. The van der Waals surface area contributed by atoms with Crippen molar-refractivity contribution in [2.24, 2.45) is 5.73 Å². The SMILES string of the molecule is Cc1cc(C)cc(N(C)c2ncc(CCN)cc2C)c1. The average Bonchev–Trinajstić information content (AvgIpc) is 2.37. The van der Waals surface area contributed by atoms with E-state index < -0.39 is 0 Å². The predicted molar refractivity (Wildman–Crippen MR) is 85.7 cm³/mol. The smallest absolute Gasteiger partial charge is 0.135 e. The fraction of sp³-hybridized carbons (Fsp3) is 0.353. The molecule has 0 bridgehead atoms. The zero-order chi connectivity index (χ0) is 14.7. The lowest BCUT2D eigenvalue weighted by atomic mass is 10.1. The highest BCUT2D eigenvalue weighted by atomic mass is 15.2. The second-order valence-electron chi connectivity index (χ2n) is 5.43. The number of pyridine rings is 1. The molecule has 0 atom stereocenters. The fourth-order valence-electron chi connectivity index (χ4n) is 2.55. The van der Waals surface area contributed by atoms with E-state index in [4.69, 9.17) is 5.73 Å². The lowest BCUT2D eigenvalue weighted by Crippen LogP contribution is -2.14. The summed E-state index contributed by atoms with van der Waals surface area (Å²) in [6.45, 7) is 7.00. The first-order valence-electron chi connectivity index (χ1n) is 6.99. The Labute approximate surface area is 121 Å². The highest BCUT2D eigenvalue weighted by Crippen LogP contribution is 2.26. The highest BCUT2D eigenvalue weighted by molar-refractivity contribution is 5.63. The van der Waals surface area contributed by atoms with Crippen LogP contribution in [0.25, 0.3) is 0 Å². The number of rotatable bonds is 4. The van der Waals surface area contributed by atoms with Crippen LogP contribution in [0.2, 0.25) is 0 Å². The van der Waals surface area contributed by atoms with Gasteiger partial charge in [0.1, 0.15) is 5.82 Å². The first-order chi connectivity index (χ1) is 9.51. The summed E-state index contributed by atoms with van der Waals surface area (Å²) in [4.78, 5) is 6.74.